The Hall–Kier alpha value is -2.53. The first kappa shape index (κ1) is 14.4. The molecule has 110 valence electrons. The monoisotopic (exact) mass is 310 g/mol. The summed E-state index contributed by atoms with van der Waals surface area (Å²) < 4.78 is 0. The summed E-state index contributed by atoms with van der Waals surface area (Å²) in [5.74, 6) is -0.0146. The van der Waals surface area contributed by atoms with Gasteiger partial charge in [0.25, 0.3) is 5.91 Å². The van der Waals surface area contributed by atoms with Crippen LogP contribution in [0.25, 0.3) is 6.08 Å². The van der Waals surface area contributed by atoms with Gasteiger partial charge in [0.05, 0.1) is 10.6 Å². The molecule has 1 aliphatic rings. The number of hydrogen-bond donors (Lipinski definition) is 2. The molecule has 2 aromatic carbocycles. The zero-order chi connectivity index (χ0) is 15.7. The Labute approximate surface area is 132 Å². The molecule has 0 unspecified atom stereocenters. The molecule has 5 heteroatoms. The number of para-hydroxylation sites is 1. The van der Waals surface area contributed by atoms with Crippen LogP contribution in [0.15, 0.2) is 53.4 Å². The van der Waals surface area contributed by atoms with Crippen molar-refractivity contribution in [1.82, 2.24) is 0 Å². The highest BCUT2D eigenvalue weighted by Gasteiger charge is 2.34. The summed E-state index contributed by atoms with van der Waals surface area (Å²) in [5, 5.41) is 17.6. The average molecular weight is 310 g/mol. The van der Waals surface area contributed by atoms with Crippen LogP contribution in [0.2, 0.25) is 0 Å². The minimum Gasteiger partial charge on any atom is -0.508 e. The van der Waals surface area contributed by atoms with Crippen molar-refractivity contribution >= 4 is 34.6 Å². The van der Waals surface area contributed by atoms with Crippen LogP contribution in [0.4, 0.5) is 5.69 Å². The van der Waals surface area contributed by atoms with E-state index in [-0.39, 0.29) is 16.8 Å². The first-order valence-electron chi connectivity index (χ1n) is 6.73. The second-order valence-electron chi connectivity index (χ2n) is 4.93. The van der Waals surface area contributed by atoms with Crippen LogP contribution in [0, 0.1) is 12.3 Å². The second kappa shape index (κ2) is 5.69. The summed E-state index contributed by atoms with van der Waals surface area (Å²) in [6.07, 6.45) is 1.74. The van der Waals surface area contributed by atoms with Gasteiger partial charge >= 0.3 is 0 Å². The van der Waals surface area contributed by atoms with Gasteiger partial charge in [-0.15, -0.1) is 0 Å². The highest BCUT2D eigenvalue weighted by molar-refractivity contribution is 8.19. The molecule has 3 rings (SSSR count). The molecule has 0 bridgehead atoms. The van der Waals surface area contributed by atoms with Crippen molar-refractivity contribution in [3.8, 4) is 5.75 Å². The first-order valence-corrected chi connectivity index (χ1v) is 7.55. The maximum atomic E-state index is 12.6. The Morgan fingerprint density at radius 3 is 2.50 bits per heavy atom. The molecular weight excluding hydrogens is 296 g/mol. The Kier molecular flexibility index (Phi) is 3.73. The van der Waals surface area contributed by atoms with Crippen molar-refractivity contribution in [1.29, 1.82) is 5.41 Å². The number of nitrogens with one attached hydrogen (secondary N) is 1. The number of aryl methyl sites for hydroxylation is 1. The van der Waals surface area contributed by atoms with E-state index in [4.69, 9.17) is 5.41 Å². The minimum absolute atomic E-state index is 0.182. The molecule has 0 aliphatic carbocycles. The van der Waals surface area contributed by atoms with Gasteiger partial charge in [-0.1, -0.05) is 30.3 Å². The van der Waals surface area contributed by atoms with E-state index in [1.54, 1.807) is 30.3 Å². The predicted molar refractivity (Wildman–Crippen MR) is 90.1 cm³/mol. The number of phenolic OH excluding ortho intramolecular Hbond substituents is 1. The highest BCUT2D eigenvalue weighted by atomic mass is 32.2. The van der Waals surface area contributed by atoms with Crippen molar-refractivity contribution in [2.24, 2.45) is 0 Å². The molecule has 4 nitrogen and oxygen atoms in total. The minimum atomic E-state index is -0.197. The Morgan fingerprint density at radius 2 is 1.82 bits per heavy atom. The van der Waals surface area contributed by atoms with Crippen LogP contribution in [0.3, 0.4) is 0 Å². The molecule has 1 heterocycles. The summed E-state index contributed by atoms with van der Waals surface area (Å²) >= 11 is 1.14. The number of anilines is 1. The third-order valence-corrected chi connectivity index (χ3v) is 4.26. The van der Waals surface area contributed by atoms with Crippen molar-refractivity contribution in [2.75, 3.05) is 4.90 Å². The van der Waals surface area contributed by atoms with Crippen molar-refractivity contribution in [2.45, 2.75) is 6.92 Å². The lowest BCUT2D eigenvalue weighted by atomic mass is 10.1. The maximum Gasteiger partial charge on any atom is 0.271 e. The molecule has 0 saturated carbocycles. The molecule has 22 heavy (non-hydrogen) atoms. The molecule has 2 aromatic rings. The van der Waals surface area contributed by atoms with E-state index in [0.29, 0.717) is 4.91 Å². The highest BCUT2D eigenvalue weighted by Crippen LogP contribution is 2.36. The third-order valence-electron chi connectivity index (χ3n) is 3.37. The van der Waals surface area contributed by atoms with Crippen molar-refractivity contribution in [3.63, 3.8) is 0 Å². The fourth-order valence-corrected chi connectivity index (χ4v) is 3.10. The quantitative estimate of drug-likeness (QED) is 0.830. The molecule has 0 spiro atoms. The Balaban J connectivity index is 1.95. The Bertz CT molecular complexity index is 782. The van der Waals surface area contributed by atoms with Crippen LogP contribution >= 0.6 is 11.8 Å². The first-order chi connectivity index (χ1) is 10.6. The van der Waals surface area contributed by atoms with Gasteiger partial charge in [-0.2, -0.15) is 0 Å². The number of amidine groups is 1. The zero-order valence-electron chi connectivity index (χ0n) is 11.9. The molecular formula is C17H14N2O2S. The number of nitrogens with zero attached hydrogens (tertiary/aromatic N) is 1. The van der Waals surface area contributed by atoms with Gasteiger partial charge in [-0.3, -0.25) is 15.1 Å². The van der Waals surface area contributed by atoms with E-state index >= 15 is 0 Å². The lowest BCUT2D eigenvalue weighted by Gasteiger charge is -2.16. The maximum absolute atomic E-state index is 12.6. The molecule has 0 atom stereocenters. The number of thioether (sulfide) groups is 1. The summed E-state index contributed by atoms with van der Waals surface area (Å²) in [6.45, 7) is 1.92. The molecule has 1 aliphatic heterocycles. The molecule has 1 saturated heterocycles. The zero-order valence-corrected chi connectivity index (χ0v) is 12.7. The van der Waals surface area contributed by atoms with Gasteiger partial charge in [-0.05, 0) is 54.1 Å². The van der Waals surface area contributed by atoms with E-state index in [1.165, 1.54) is 4.90 Å². The standard InChI is InChI=1S/C17H14N2O2S/c1-11-4-2-3-5-14(11)19-16(21)15(22-17(19)18)10-12-6-8-13(20)9-7-12/h2-10,18,20H,1H3/b15-10-,18-17?. The van der Waals surface area contributed by atoms with E-state index < -0.39 is 0 Å². The lowest BCUT2D eigenvalue weighted by Crippen LogP contribution is -2.28. The van der Waals surface area contributed by atoms with E-state index in [0.717, 1.165) is 28.6 Å². The Morgan fingerprint density at radius 1 is 1.14 bits per heavy atom. The number of rotatable bonds is 2. The van der Waals surface area contributed by atoms with Gasteiger partial charge in [0.1, 0.15) is 5.75 Å². The van der Waals surface area contributed by atoms with Crippen LogP contribution in [-0.4, -0.2) is 16.2 Å². The fraction of sp³-hybridized carbons (Fsp3) is 0.0588. The van der Waals surface area contributed by atoms with Gasteiger partial charge in [0.2, 0.25) is 0 Å². The fourth-order valence-electron chi connectivity index (χ4n) is 2.24. The third kappa shape index (κ3) is 2.63. The second-order valence-corrected chi connectivity index (χ2v) is 5.97. The van der Waals surface area contributed by atoms with Crippen LogP contribution in [-0.2, 0) is 4.79 Å². The molecule has 1 amide bonds. The number of hydrogen-bond acceptors (Lipinski definition) is 4. The normalized spacial score (nSPS) is 16.6. The molecule has 2 N–H and O–H groups in total. The van der Waals surface area contributed by atoms with Gasteiger partial charge < -0.3 is 5.11 Å². The number of aromatic hydroxyl groups is 1. The van der Waals surface area contributed by atoms with E-state index in [2.05, 4.69) is 0 Å². The summed E-state index contributed by atoms with van der Waals surface area (Å²) in [6, 6.07) is 14.1. The number of benzene rings is 2. The van der Waals surface area contributed by atoms with Crippen LogP contribution in [0.5, 0.6) is 5.75 Å². The average Bonchev–Trinajstić information content (AvgIpc) is 2.77. The van der Waals surface area contributed by atoms with Crippen molar-refractivity contribution < 1.29 is 9.90 Å². The topological polar surface area (TPSA) is 64.4 Å². The van der Waals surface area contributed by atoms with Gasteiger partial charge in [0.15, 0.2) is 5.17 Å². The smallest absolute Gasteiger partial charge is 0.271 e. The van der Waals surface area contributed by atoms with Crippen LogP contribution < -0.4 is 4.90 Å². The number of amides is 1. The summed E-state index contributed by atoms with van der Waals surface area (Å²) in [4.78, 5) is 14.5. The van der Waals surface area contributed by atoms with E-state index in [9.17, 15) is 9.90 Å². The molecule has 0 aromatic heterocycles. The van der Waals surface area contributed by atoms with Gasteiger partial charge in [-0.25, -0.2) is 0 Å². The molecule has 0 radical (unpaired) electrons. The predicted octanol–water partition coefficient (Wildman–Crippen LogP) is 3.76. The van der Waals surface area contributed by atoms with Crippen LogP contribution in [0.1, 0.15) is 11.1 Å². The van der Waals surface area contributed by atoms with E-state index in [1.807, 2.05) is 31.2 Å². The number of carbonyl (C=O) groups is 1. The molecule has 1 fully saturated rings. The SMILES string of the molecule is Cc1ccccc1N1C(=N)S/C(=C\c2ccc(O)cc2)C1=O. The van der Waals surface area contributed by atoms with Crippen molar-refractivity contribution in [3.05, 3.63) is 64.6 Å². The number of phenols is 1. The summed E-state index contributed by atoms with van der Waals surface area (Å²) in [7, 11) is 0. The van der Waals surface area contributed by atoms with Gasteiger partial charge in [0, 0.05) is 0 Å². The lowest BCUT2D eigenvalue weighted by molar-refractivity contribution is -0.113. The number of carbonyl (C=O) groups excluding carboxylic acids is 1. The summed E-state index contributed by atoms with van der Waals surface area (Å²) in [5.41, 5.74) is 2.50. The largest absolute Gasteiger partial charge is 0.508 e.